The van der Waals surface area contributed by atoms with Crippen molar-refractivity contribution in [1.82, 2.24) is 0 Å². The highest BCUT2D eigenvalue weighted by molar-refractivity contribution is 6.06. The predicted molar refractivity (Wildman–Crippen MR) is 91.0 cm³/mol. The van der Waals surface area contributed by atoms with Gasteiger partial charge >= 0.3 is 11.9 Å². The molecule has 1 N–H and O–H groups in total. The molecule has 0 spiro atoms. The lowest BCUT2D eigenvalue weighted by Gasteiger charge is -2.35. The van der Waals surface area contributed by atoms with Crippen molar-refractivity contribution in [1.29, 1.82) is 0 Å². The number of para-hydroxylation sites is 1. The van der Waals surface area contributed by atoms with E-state index in [1.807, 2.05) is 20.8 Å². The Morgan fingerprint density at radius 2 is 1.88 bits per heavy atom. The van der Waals surface area contributed by atoms with Crippen molar-refractivity contribution < 1.29 is 23.9 Å². The van der Waals surface area contributed by atoms with Crippen LogP contribution in [0, 0.1) is 10.8 Å². The number of ether oxygens (including phenoxy) is 2. The lowest BCUT2D eigenvalue weighted by atomic mass is 9.66. The number of benzene rings is 1. The number of carbonyl (C=O) groups excluding carboxylic acids is 3. The first-order valence-electron chi connectivity index (χ1n) is 8.50. The fourth-order valence-corrected chi connectivity index (χ4v) is 3.95. The molecule has 1 aliphatic carbocycles. The summed E-state index contributed by atoms with van der Waals surface area (Å²) in [6, 6.07) is 6.65. The maximum Gasteiger partial charge on any atom is 0.340 e. The Balaban J connectivity index is 1.92. The van der Waals surface area contributed by atoms with Crippen LogP contribution < -0.4 is 5.32 Å². The third kappa shape index (κ3) is 2.19. The van der Waals surface area contributed by atoms with Gasteiger partial charge in [0.05, 0.1) is 23.3 Å². The molecular weight excluding hydrogens is 322 g/mol. The minimum absolute atomic E-state index is 0.244. The number of esters is 2. The fraction of sp³-hybridized carbons (Fsp3) is 0.526. The van der Waals surface area contributed by atoms with E-state index in [0.29, 0.717) is 18.5 Å². The molecule has 0 aromatic heterocycles. The highest BCUT2D eigenvalue weighted by Crippen LogP contribution is 2.65. The van der Waals surface area contributed by atoms with Crippen LogP contribution in [0.2, 0.25) is 0 Å². The second kappa shape index (κ2) is 5.58. The molecule has 2 aliphatic rings. The molecule has 134 valence electrons. The molecule has 6 heteroatoms. The average molecular weight is 345 g/mol. The Hall–Kier alpha value is -2.37. The predicted octanol–water partition coefficient (Wildman–Crippen LogP) is 2.92. The summed E-state index contributed by atoms with van der Waals surface area (Å²) in [5.41, 5.74) is -1.91. The average Bonchev–Trinajstić information content (AvgIpc) is 2.86. The molecule has 1 saturated carbocycles. The van der Waals surface area contributed by atoms with E-state index in [-0.39, 0.29) is 18.1 Å². The number of rotatable bonds is 4. The normalized spacial score (nSPS) is 29.2. The Morgan fingerprint density at radius 3 is 2.44 bits per heavy atom. The molecule has 1 aliphatic heterocycles. The number of carbonyl (C=O) groups is 3. The summed E-state index contributed by atoms with van der Waals surface area (Å²) in [6.45, 7) is 7.60. The molecular formula is C19H23NO5. The molecule has 2 bridgehead atoms. The van der Waals surface area contributed by atoms with Crippen molar-refractivity contribution in [2.45, 2.75) is 46.1 Å². The first kappa shape index (κ1) is 17.5. The third-order valence-corrected chi connectivity index (χ3v) is 6.12. The molecule has 0 unspecified atom stereocenters. The van der Waals surface area contributed by atoms with E-state index in [0.717, 1.165) is 0 Å². The minimum Gasteiger partial charge on any atom is -0.462 e. The van der Waals surface area contributed by atoms with Gasteiger partial charge in [-0.2, -0.15) is 0 Å². The summed E-state index contributed by atoms with van der Waals surface area (Å²) in [6.07, 6.45) is 1.07. The number of fused-ring (bicyclic) bond motifs is 2. The summed E-state index contributed by atoms with van der Waals surface area (Å²) in [4.78, 5) is 37.5. The van der Waals surface area contributed by atoms with Gasteiger partial charge in [-0.3, -0.25) is 9.59 Å². The van der Waals surface area contributed by atoms with Crippen molar-refractivity contribution in [2.24, 2.45) is 10.8 Å². The molecule has 1 aromatic rings. The van der Waals surface area contributed by atoms with Gasteiger partial charge in [0.15, 0.2) is 5.60 Å². The molecule has 1 amide bonds. The minimum atomic E-state index is -1.22. The van der Waals surface area contributed by atoms with Gasteiger partial charge < -0.3 is 14.8 Å². The van der Waals surface area contributed by atoms with E-state index in [2.05, 4.69) is 5.32 Å². The molecule has 2 atom stereocenters. The van der Waals surface area contributed by atoms with Crippen molar-refractivity contribution in [3.05, 3.63) is 29.8 Å². The van der Waals surface area contributed by atoms with E-state index in [1.165, 1.54) is 0 Å². The van der Waals surface area contributed by atoms with Gasteiger partial charge in [0, 0.05) is 5.41 Å². The molecule has 1 saturated heterocycles. The lowest BCUT2D eigenvalue weighted by Crippen LogP contribution is -2.50. The van der Waals surface area contributed by atoms with Gasteiger partial charge in [-0.1, -0.05) is 26.0 Å². The highest BCUT2D eigenvalue weighted by atomic mass is 16.6. The van der Waals surface area contributed by atoms with Gasteiger partial charge in [-0.05, 0) is 38.8 Å². The van der Waals surface area contributed by atoms with Crippen molar-refractivity contribution in [2.75, 3.05) is 11.9 Å². The number of anilines is 1. The number of hydrogen-bond acceptors (Lipinski definition) is 5. The molecule has 1 heterocycles. The molecule has 3 rings (SSSR count). The standard InChI is InChI=1S/C19H23NO5/c1-5-24-14(21)12-8-6-7-9-13(12)20-15(22)19-11-10-18(4,16(23)25-19)17(19,2)3/h6-9H,5,10-11H2,1-4H3,(H,20,22)/t18-,19+/m0/s1. The summed E-state index contributed by atoms with van der Waals surface area (Å²) in [5.74, 6) is -1.24. The van der Waals surface area contributed by atoms with Crippen LogP contribution in [0.1, 0.15) is 50.9 Å². The Kier molecular flexibility index (Phi) is 3.89. The van der Waals surface area contributed by atoms with Crippen molar-refractivity contribution >= 4 is 23.5 Å². The zero-order valence-electron chi connectivity index (χ0n) is 15.0. The second-order valence-corrected chi connectivity index (χ2v) is 7.39. The number of hydrogen-bond donors (Lipinski definition) is 1. The van der Waals surface area contributed by atoms with Crippen LogP contribution in [-0.4, -0.2) is 30.1 Å². The summed E-state index contributed by atoms with van der Waals surface area (Å²) in [5, 5.41) is 2.79. The van der Waals surface area contributed by atoms with Crippen LogP contribution in [0.25, 0.3) is 0 Å². The second-order valence-electron chi connectivity index (χ2n) is 7.39. The monoisotopic (exact) mass is 345 g/mol. The van der Waals surface area contributed by atoms with Gasteiger partial charge in [0.2, 0.25) is 0 Å². The van der Waals surface area contributed by atoms with E-state index < -0.39 is 28.3 Å². The summed E-state index contributed by atoms with van der Waals surface area (Å²) >= 11 is 0. The Labute approximate surface area is 146 Å². The Morgan fingerprint density at radius 1 is 1.20 bits per heavy atom. The van der Waals surface area contributed by atoms with E-state index in [1.54, 1.807) is 31.2 Å². The number of amides is 1. The van der Waals surface area contributed by atoms with Gasteiger partial charge in [-0.15, -0.1) is 0 Å². The van der Waals surface area contributed by atoms with Crippen LogP contribution in [0.4, 0.5) is 5.69 Å². The van der Waals surface area contributed by atoms with E-state index in [9.17, 15) is 14.4 Å². The maximum atomic E-state index is 13.1. The summed E-state index contributed by atoms with van der Waals surface area (Å²) < 4.78 is 10.6. The van der Waals surface area contributed by atoms with Crippen LogP contribution in [0.15, 0.2) is 24.3 Å². The molecule has 1 aromatic carbocycles. The Bertz CT molecular complexity index is 756. The highest BCUT2D eigenvalue weighted by Gasteiger charge is 2.75. The van der Waals surface area contributed by atoms with E-state index in [4.69, 9.17) is 9.47 Å². The SMILES string of the molecule is CCOC(=O)c1ccccc1NC(=O)[C@@]12CC[C@@](C)(C(=O)O1)C2(C)C. The van der Waals surface area contributed by atoms with Crippen LogP contribution in [0.5, 0.6) is 0 Å². The van der Waals surface area contributed by atoms with Gasteiger partial charge in [0.25, 0.3) is 5.91 Å². The van der Waals surface area contributed by atoms with Crippen LogP contribution in [-0.2, 0) is 19.1 Å². The summed E-state index contributed by atoms with van der Waals surface area (Å²) in [7, 11) is 0. The first-order chi connectivity index (χ1) is 11.7. The fourth-order valence-electron chi connectivity index (χ4n) is 3.95. The molecule has 6 nitrogen and oxygen atoms in total. The van der Waals surface area contributed by atoms with Crippen molar-refractivity contribution in [3.8, 4) is 0 Å². The topological polar surface area (TPSA) is 81.7 Å². The van der Waals surface area contributed by atoms with Crippen LogP contribution in [0.3, 0.4) is 0 Å². The van der Waals surface area contributed by atoms with E-state index >= 15 is 0 Å². The quantitative estimate of drug-likeness (QED) is 0.849. The molecule has 25 heavy (non-hydrogen) atoms. The van der Waals surface area contributed by atoms with Crippen LogP contribution >= 0.6 is 0 Å². The first-order valence-corrected chi connectivity index (χ1v) is 8.50. The zero-order chi connectivity index (χ0) is 18.5. The van der Waals surface area contributed by atoms with Gasteiger partial charge in [-0.25, -0.2) is 4.79 Å². The zero-order valence-corrected chi connectivity index (χ0v) is 15.0. The maximum absolute atomic E-state index is 13.1. The number of nitrogens with one attached hydrogen (secondary N) is 1. The molecule has 0 radical (unpaired) electrons. The van der Waals surface area contributed by atoms with Gasteiger partial charge in [0.1, 0.15) is 0 Å². The molecule has 2 fully saturated rings. The lowest BCUT2D eigenvalue weighted by molar-refractivity contribution is -0.165. The smallest absolute Gasteiger partial charge is 0.340 e. The largest absolute Gasteiger partial charge is 0.462 e. The third-order valence-electron chi connectivity index (χ3n) is 6.12. The van der Waals surface area contributed by atoms with Crippen molar-refractivity contribution in [3.63, 3.8) is 0 Å².